The summed E-state index contributed by atoms with van der Waals surface area (Å²) in [6, 6.07) is 12.3. The molecule has 6 nitrogen and oxygen atoms in total. The Balaban J connectivity index is 1.51. The molecule has 4 rings (SSSR count). The van der Waals surface area contributed by atoms with E-state index in [1.807, 2.05) is 30.0 Å². The molecule has 1 atom stereocenters. The fraction of sp³-hybridized carbons (Fsp3) is 0.500. The number of morpholine rings is 1. The molecule has 2 fully saturated rings. The number of amides is 1. The van der Waals surface area contributed by atoms with E-state index in [2.05, 4.69) is 23.1 Å². The average molecular weight is 384 g/mol. The summed E-state index contributed by atoms with van der Waals surface area (Å²) in [7, 11) is 0. The van der Waals surface area contributed by atoms with Crippen molar-refractivity contribution in [2.75, 3.05) is 46.0 Å². The van der Waals surface area contributed by atoms with Crippen LogP contribution < -0.4 is 0 Å². The standard InChI is InChI=1S/C22H28N2O4/c1-2-21(25)24-10-12-26-17-22(16-24)15-23(9-13-28-22)14-18-6-3-4-7-19(18)20-8-5-11-27-20/h3-8,11H,2,9-10,12-17H2,1H3/t22-/m1/s1. The fourth-order valence-electron chi connectivity index (χ4n) is 4.15. The smallest absolute Gasteiger partial charge is 0.222 e. The molecule has 2 saturated heterocycles. The van der Waals surface area contributed by atoms with Crippen molar-refractivity contribution in [1.82, 2.24) is 9.80 Å². The summed E-state index contributed by atoms with van der Waals surface area (Å²) in [6.07, 6.45) is 2.22. The van der Waals surface area contributed by atoms with E-state index < -0.39 is 5.60 Å². The van der Waals surface area contributed by atoms with Gasteiger partial charge in [-0.05, 0) is 17.7 Å². The first kappa shape index (κ1) is 19.2. The molecule has 2 aliphatic heterocycles. The molecule has 0 saturated carbocycles. The molecular formula is C22H28N2O4. The Bertz CT molecular complexity index is 792. The first-order chi connectivity index (χ1) is 13.7. The number of benzene rings is 1. The Hall–Kier alpha value is -2.15. The molecule has 6 heteroatoms. The molecular weight excluding hydrogens is 356 g/mol. The van der Waals surface area contributed by atoms with Gasteiger partial charge in [-0.15, -0.1) is 0 Å². The third-order valence-corrected chi connectivity index (χ3v) is 5.53. The molecule has 1 amide bonds. The second kappa shape index (κ2) is 8.47. The number of hydrogen-bond acceptors (Lipinski definition) is 5. The molecule has 0 radical (unpaired) electrons. The molecule has 2 aromatic rings. The van der Waals surface area contributed by atoms with E-state index in [1.54, 1.807) is 6.26 Å². The zero-order chi connectivity index (χ0) is 19.4. The average Bonchev–Trinajstić information content (AvgIpc) is 3.17. The van der Waals surface area contributed by atoms with Gasteiger partial charge in [0.2, 0.25) is 5.91 Å². The van der Waals surface area contributed by atoms with Gasteiger partial charge in [-0.3, -0.25) is 9.69 Å². The molecule has 1 spiro atoms. The first-order valence-electron chi connectivity index (χ1n) is 10.0. The van der Waals surface area contributed by atoms with Crippen molar-refractivity contribution >= 4 is 5.91 Å². The number of carbonyl (C=O) groups excluding carboxylic acids is 1. The lowest BCUT2D eigenvalue weighted by atomic mass is 9.99. The van der Waals surface area contributed by atoms with Gasteiger partial charge in [-0.2, -0.15) is 0 Å². The lowest BCUT2D eigenvalue weighted by Crippen LogP contribution is -2.59. The van der Waals surface area contributed by atoms with Gasteiger partial charge in [-0.1, -0.05) is 31.2 Å². The predicted octanol–water partition coefficient (Wildman–Crippen LogP) is 2.79. The number of hydrogen-bond donors (Lipinski definition) is 0. The molecule has 0 bridgehead atoms. The number of carbonyl (C=O) groups is 1. The molecule has 1 aromatic carbocycles. The van der Waals surface area contributed by atoms with Crippen LogP contribution in [0.5, 0.6) is 0 Å². The van der Waals surface area contributed by atoms with Crippen LogP contribution in [-0.4, -0.2) is 67.3 Å². The van der Waals surface area contributed by atoms with Crippen LogP contribution in [0.15, 0.2) is 47.1 Å². The Kier molecular flexibility index (Phi) is 5.80. The molecule has 0 unspecified atom stereocenters. The zero-order valence-corrected chi connectivity index (χ0v) is 16.4. The minimum Gasteiger partial charge on any atom is -0.464 e. The summed E-state index contributed by atoms with van der Waals surface area (Å²) in [5.74, 6) is 1.05. The van der Waals surface area contributed by atoms with E-state index >= 15 is 0 Å². The topological polar surface area (TPSA) is 55.2 Å². The molecule has 28 heavy (non-hydrogen) atoms. The van der Waals surface area contributed by atoms with E-state index in [9.17, 15) is 4.79 Å². The SMILES string of the molecule is CCC(=O)N1CCOC[C@@]2(CN(Cc3ccccc3-c3ccco3)CCO2)C1. The Morgan fingerprint density at radius 3 is 2.82 bits per heavy atom. The number of nitrogens with zero attached hydrogens (tertiary/aromatic N) is 2. The molecule has 2 aliphatic rings. The largest absolute Gasteiger partial charge is 0.464 e. The van der Waals surface area contributed by atoms with Crippen molar-refractivity contribution < 1.29 is 18.7 Å². The number of ether oxygens (including phenoxy) is 2. The van der Waals surface area contributed by atoms with E-state index in [0.29, 0.717) is 39.3 Å². The second-order valence-corrected chi connectivity index (χ2v) is 7.60. The lowest BCUT2D eigenvalue weighted by molar-refractivity contribution is -0.152. The van der Waals surface area contributed by atoms with Crippen molar-refractivity contribution in [3.8, 4) is 11.3 Å². The highest BCUT2D eigenvalue weighted by atomic mass is 16.5. The highest BCUT2D eigenvalue weighted by Gasteiger charge is 2.41. The Morgan fingerprint density at radius 2 is 2.00 bits per heavy atom. The van der Waals surface area contributed by atoms with Crippen molar-refractivity contribution in [2.24, 2.45) is 0 Å². The van der Waals surface area contributed by atoms with Gasteiger partial charge in [0.15, 0.2) is 0 Å². The summed E-state index contributed by atoms with van der Waals surface area (Å²) in [6.45, 7) is 7.28. The number of rotatable bonds is 4. The van der Waals surface area contributed by atoms with E-state index in [4.69, 9.17) is 13.9 Å². The van der Waals surface area contributed by atoms with Crippen molar-refractivity contribution in [3.63, 3.8) is 0 Å². The minimum atomic E-state index is -0.459. The summed E-state index contributed by atoms with van der Waals surface area (Å²) in [5, 5.41) is 0. The first-order valence-corrected chi connectivity index (χ1v) is 10.0. The van der Waals surface area contributed by atoms with Gasteiger partial charge < -0.3 is 18.8 Å². The van der Waals surface area contributed by atoms with Crippen LogP contribution in [0, 0.1) is 0 Å². The Morgan fingerprint density at radius 1 is 1.11 bits per heavy atom. The summed E-state index contributed by atoms with van der Waals surface area (Å²) < 4.78 is 17.7. The van der Waals surface area contributed by atoms with Crippen molar-refractivity contribution in [1.29, 1.82) is 0 Å². The van der Waals surface area contributed by atoms with Gasteiger partial charge in [0.1, 0.15) is 11.4 Å². The van der Waals surface area contributed by atoms with Crippen molar-refractivity contribution in [2.45, 2.75) is 25.5 Å². The molecule has 0 aliphatic carbocycles. The minimum absolute atomic E-state index is 0.161. The van der Waals surface area contributed by atoms with E-state index in [-0.39, 0.29) is 5.91 Å². The molecule has 1 aromatic heterocycles. The van der Waals surface area contributed by atoms with Crippen LogP contribution in [0.3, 0.4) is 0 Å². The van der Waals surface area contributed by atoms with Crippen LogP contribution in [0.4, 0.5) is 0 Å². The third kappa shape index (κ3) is 4.14. The molecule has 3 heterocycles. The maximum atomic E-state index is 12.3. The summed E-state index contributed by atoms with van der Waals surface area (Å²) >= 11 is 0. The second-order valence-electron chi connectivity index (χ2n) is 7.60. The van der Waals surface area contributed by atoms with Gasteiger partial charge in [-0.25, -0.2) is 0 Å². The van der Waals surface area contributed by atoms with Gasteiger partial charge in [0.25, 0.3) is 0 Å². The van der Waals surface area contributed by atoms with Crippen molar-refractivity contribution in [3.05, 3.63) is 48.2 Å². The van der Waals surface area contributed by atoms with Gasteiger partial charge in [0.05, 0.1) is 32.6 Å². The number of furan rings is 1. The highest BCUT2D eigenvalue weighted by molar-refractivity contribution is 5.76. The predicted molar refractivity (Wildman–Crippen MR) is 106 cm³/mol. The van der Waals surface area contributed by atoms with Crippen LogP contribution in [-0.2, 0) is 20.8 Å². The lowest BCUT2D eigenvalue weighted by Gasteiger charge is -2.43. The highest BCUT2D eigenvalue weighted by Crippen LogP contribution is 2.28. The fourth-order valence-corrected chi connectivity index (χ4v) is 4.15. The molecule has 0 N–H and O–H groups in total. The summed E-state index contributed by atoms with van der Waals surface area (Å²) in [5.41, 5.74) is 1.89. The van der Waals surface area contributed by atoms with Crippen LogP contribution in [0.2, 0.25) is 0 Å². The van der Waals surface area contributed by atoms with Crippen LogP contribution >= 0.6 is 0 Å². The normalized spacial score (nSPS) is 23.7. The quantitative estimate of drug-likeness (QED) is 0.811. The van der Waals surface area contributed by atoms with Gasteiger partial charge >= 0.3 is 0 Å². The van der Waals surface area contributed by atoms with Crippen LogP contribution in [0.25, 0.3) is 11.3 Å². The maximum Gasteiger partial charge on any atom is 0.222 e. The van der Waals surface area contributed by atoms with Crippen LogP contribution in [0.1, 0.15) is 18.9 Å². The van der Waals surface area contributed by atoms with Gasteiger partial charge in [0, 0.05) is 38.2 Å². The monoisotopic (exact) mass is 384 g/mol. The Labute approximate surface area is 166 Å². The summed E-state index contributed by atoms with van der Waals surface area (Å²) in [4.78, 5) is 16.6. The maximum absolute atomic E-state index is 12.3. The third-order valence-electron chi connectivity index (χ3n) is 5.53. The van der Waals surface area contributed by atoms with E-state index in [0.717, 1.165) is 31.0 Å². The van der Waals surface area contributed by atoms with E-state index in [1.165, 1.54) is 5.56 Å². The molecule has 150 valence electrons. The zero-order valence-electron chi connectivity index (χ0n) is 16.4.